The second kappa shape index (κ2) is 9.28. The van der Waals surface area contributed by atoms with Crippen molar-refractivity contribution in [2.75, 3.05) is 11.9 Å². The van der Waals surface area contributed by atoms with E-state index >= 15 is 0 Å². The Kier molecular flexibility index (Phi) is 6.43. The van der Waals surface area contributed by atoms with Gasteiger partial charge in [0.05, 0.1) is 30.9 Å². The normalized spacial score (nSPS) is 11.3. The number of amides is 1. The molecule has 168 valence electrons. The van der Waals surface area contributed by atoms with Gasteiger partial charge in [-0.1, -0.05) is 29.8 Å². The van der Waals surface area contributed by atoms with Gasteiger partial charge in [-0.3, -0.25) is 4.79 Å². The number of nitrogens with zero attached hydrogens (tertiary/aromatic N) is 1. The molecule has 8 nitrogen and oxygen atoms in total. The average Bonchev–Trinajstić information content (AvgIpc) is 3.23. The van der Waals surface area contributed by atoms with Gasteiger partial charge in [0.25, 0.3) is 5.91 Å². The van der Waals surface area contributed by atoms with Crippen molar-refractivity contribution in [1.29, 1.82) is 0 Å². The monoisotopic (exact) mass is 501 g/mol. The Morgan fingerprint density at radius 3 is 2.45 bits per heavy atom. The number of carbonyl (C=O) groups is 2. The van der Waals surface area contributed by atoms with Gasteiger partial charge >= 0.3 is 5.97 Å². The van der Waals surface area contributed by atoms with Crippen LogP contribution in [0.3, 0.4) is 0 Å². The minimum Gasteiger partial charge on any atom is -0.452 e. The third kappa shape index (κ3) is 5.37. The first-order chi connectivity index (χ1) is 15.7. The van der Waals surface area contributed by atoms with Gasteiger partial charge in [-0.2, -0.15) is 0 Å². The molecule has 2 heterocycles. The van der Waals surface area contributed by atoms with E-state index in [4.69, 9.17) is 21.5 Å². The molecular formula is C22H16ClN3O5S2. The van der Waals surface area contributed by atoms with Crippen LogP contribution in [0.1, 0.15) is 10.4 Å². The van der Waals surface area contributed by atoms with Gasteiger partial charge in [0, 0.05) is 11.1 Å². The number of esters is 1. The zero-order valence-corrected chi connectivity index (χ0v) is 19.2. The summed E-state index contributed by atoms with van der Waals surface area (Å²) in [7, 11) is -3.83. The molecule has 4 rings (SSSR count). The van der Waals surface area contributed by atoms with Gasteiger partial charge in [0.2, 0.25) is 10.0 Å². The van der Waals surface area contributed by atoms with Crippen molar-refractivity contribution in [3.05, 3.63) is 76.6 Å². The Bertz CT molecular complexity index is 1470. The van der Waals surface area contributed by atoms with Gasteiger partial charge in [0.1, 0.15) is 0 Å². The van der Waals surface area contributed by atoms with Crippen LogP contribution in [0.25, 0.3) is 21.5 Å². The quantitative estimate of drug-likeness (QED) is 0.383. The predicted octanol–water partition coefficient (Wildman–Crippen LogP) is 4.06. The fourth-order valence-corrected chi connectivity index (χ4v) is 4.58. The molecule has 0 saturated heterocycles. The summed E-state index contributed by atoms with van der Waals surface area (Å²) in [4.78, 5) is 30.4. The average molecular weight is 502 g/mol. The van der Waals surface area contributed by atoms with Crippen molar-refractivity contribution >= 4 is 61.4 Å². The van der Waals surface area contributed by atoms with Crippen LogP contribution < -0.4 is 10.5 Å². The van der Waals surface area contributed by atoms with Crippen LogP contribution in [-0.4, -0.2) is 31.9 Å². The smallest absolute Gasteiger partial charge is 0.339 e. The minimum atomic E-state index is -3.83. The molecule has 0 unspecified atom stereocenters. The zero-order valence-electron chi connectivity index (χ0n) is 16.8. The van der Waals surface area contributed by atoms with Crippen LogP contribution in [-0.2, 0) is 19.6 Å². The Labute approximate surface area is 198 Å². The Balaban J connectivity index is 1.50. The summed E-state index contributed by atoms with van der Waals surface area (Å²) in [5.41, 5.74) is 1.77. The largest absolute Gasteiger partial charge is 0.452 e. The highest BCUT2D eigenvalue weighted by Crippen LogP contribution is 2.32. The number of benzene rings is 2. The van der Waals surface area contributed by atoms with Crippen molar-refractivity contribution in [3.8, 4) is 10.6 Å². The number of hydrogen-bond donors (Lipinski definition) is 2. The number of para-hydroxylation sites is 1. The van der Waals surface area contributed by atoms with Crippen molar-refractivity contribution < 1.29 is 22.7 Å². The number of aromatic nitrogens is 1. The van der Waals surface area contributed by atoms with Gasteiger partial charge < -0.3 is 10.1 Å². The number of fused-ring (bicyclic) bond motifs is 1. The van der Waals surface area contributed by atoms with Gasteiger partial charge in [-0.15, -0.1) is 11.3 Å². The number of carbonyl (C=O) groups excluding carboxylic acids is 2. The van der Waals surface area contributed by atoms with E-state index in [9.17, 15) is 18.0 Å². The first-order valence-corrected chi connectivity index (χ1v) is 12.2. The molecule has 3 N–H and O–H groups in total. The van der Waals surface area contributed by atoms with Crippen molar-refractivity contribution in [2.45, 2.75) is 4.90 Å². The molecule has 1 amide bonds. The molecular weight excluding hydrogens is 486 g/mol. The summed E-state index contributed by atoms with van der Waals surface area (Å²) in [6, 6.07) is 17.6. The first-order valence-electron chi connectivity index (χ1n) is 9.46. The molecule has 0 fully saturated rings. The highest BCUT2D eigenvalue weighted by molar-refractivity contribution is 7.89. The van der Waals surface area contributed by atoms with Crippen LogP contribution in [0, 0.1) is 0 Å². The highest BCUT2D eigenvalue weighted by atomic mass is 35.5. The third-order valence-electron chi connectivity index (χ3n) is 4.56. The summed E-state index contributed by atoms with van der Waals surface area (Å²) in [5, 5.41) is 8.17. The number of sulfonamides is 1. The van der Waals surface area contributed by atoms with Crippen molar-refractivity contribution in [2.24, 2.45) is 5.14 Å². The lowest BCUT2D eigenvalue weighted by Gasteiger charge is -2.10. The van der Waals surface area contributed by atoms with Gasteiger partial charge in [0.15, 0.2) is 6.61 Å². The minimum absolute atomic E-state index is 0.0840. The lowest BCUT2D eigenvalue weighted by atomic mass is 10.1. The third-order valence-corrected chi connectivity index (χ3v) is 6.75. The Morgan fingerprint density at radius 1 is 1.06 bits per heavy atom. The molecule has 2 aromatic heterocycles. The molecule has 0 bridgehead atoms. The summed E-state index contributed by atoms with van der Waals surface area (Å²) >= 11 is 7.36. The van der Waals surface area contributed by atoms with E-state index in [1.54, 1.807) is 30.3 Å². The number of nitrogens with two attached hydrogens (primary N) is 1. The number of pyridine rings is 1. The standard InChI is InChI=1S/C22H16ClN3O5S2/c23-20-10-9-19(32-20)18-11-16(15-3-1-2-4-17(15)26-18)22(28)31-12-21(27)25-13-5-7-14(8-6-13)33(24,29)30/h1-11H,12H2,(H,25,27)(H2,24,29,30). The number of hydrogen-bond acceptors (Lipinski definition) is 7. The molecule has 0 saturated carbocycles. The van der Waals surface area contributed by atoms with Crippen LogP contribution in [0.15, 0.2) is 71.6 Å². The van der Waals surface area contributed by atoms with E-state index in [0.717, 1.165) is 4.88 Å². The Morgan fingerprint density at radius 2 is 1.79 bits per heavy atom. The number of primary sulfonamides is 1. The maximum absolute atomic E-state index is 12.8. The number of nitrogens with one attached hydrogen (secondary N) is 1. The molecule has 0 radical (unpaired) electrons. The van der Waals surface area contributed by atoms with E-state index in [0.29, 0.717) is 26.6 Å². The van der Waals surface area contributed by atoms with Gasteiger partial charge in [-0.25, -0.2) is 23.3 Å². The van der Waals surface area contributed by atoms with E-state index < -0.39 is 28.5 Å². The highest BCUT2D eigenvalue weighted by Gasteiger charge is 2.17. The molecule has 0 aliphatic carbocycles. The van der Waals surface area contributed by atoms with Crippen LogP contribution >= 0.6 is 22.9 Å². The lowest BCUT2D eigenvalue weighted by molar-refractivity contribution is -0.119. The molecule has 11 heteroatoms. The van der Waals surface area contributed by atoms with Crippen LogP contribution in [0.4, 0.5) is 5.69 Å². The SMILES string of the molecule is NS(=O)(=O)c1ccc(NC(=O)COC(=O)c2cc(-c3ccc(Cl)s3)nc3ccccc23)cc1. The zero-order chi connectivity index (χ0) is 23.6. The number of halogens is 1. The van der Waals surface area contributed by atoms with Crippen LogP contribution in [0.2, 0.25) is 4.34 Å². The van der Waals surface area contributed by atoms with E-state index in [1.165, 1.54) is 35.6 Å². The molecule has 2 aromatic carbocycles. The summed E-state index contributed by atoms with van der Waals surface area (Å²) in [5.74, 6) is -1.27. The molecule has 4 aromatic rings. The summed E-state index contributed by atoms with van der Waals surface area (Å²) < 4.78 is 28.4. The van der Waals surface area contributed by atoms with Crippen molar-refractivity contribution in [1.82, 2.24) is 4.98 Å². The molecule has 0 spiro atoms. The lowest BCUT2D eigenvalue weighted by Crippen LogP contribution is -2.21. The number of anilines is 1. The topological polar surface area (TPSA) is 128 Å². The second-order valence-electron chi connectivity index (χ2n) is 6.87. The number of thiophene rings is 1. The Hall–Kier alpha value is -3.31. The maximum atomic E-state index is 12.8. The van der Waals surface area contributed by atoms with E-state index in [1.807, 2.05) is 12.1 Å². The van der Waals surface area contributed by atoms with Crippen LogP contribution in [0.5, 0.6) is 0 Å². The molecule has 0 aliphatic rings. The fourth-order valence-electron chi connectivity index (χ4n) is 3.06. The fraction of sp³-hybridized carbons (Fsp3) is 0.0455. The second-order valence-corrected chi connectivity index (χ2v) is 10.1. The maximum Gasteiger partial charge on any atom is 0.339 e. The molecule has 0 aliphatic heterocycles. The first kappa shape index (κ1) is 22.9. The van der Waals surface area contributed by atoms with E-state index in [-0.39, 0.29) is 10.5 Å². The van der Waals surface area contributed by atoms with Gasteiger partial charge in [-0.05, 0) is 48.5 Å². The molecule has 33 heavy (non-hydrogen) atoms. The summed E-state index contributed by atoms with van der Waals surface area (Å²) in [6.07, 6.45) is 0. The summed E-state index contributed by atoms with van der Waals surface area (Å²) in [6.45, 7) is -0.535. The molecule has 0 atom stereocenters. The number of ether oxygens (including phenoxy) is 1. The number of rotatable bonds is 6. The predicted molar refractivity (Wildman–Crippen MR) is 127 cm³/mol. The van der Waals surface area contributed by atoms with E-state index in [2.05, 4.69) is 10.3 Å². The van der Waals surface area contributed by atoms with Crippen molar-refractivity contribution in [3.63, 3.8) is 0 Å².